The molecule has 1 amide bonds. The van der Waals surface area contributed by atoms with E-state index in [4.69, 9.17) is 14.2 Å². The van der Waals surface area contributed by atoms with Gasteiger partial charge >= 0.3 is 5.97 Å². The number of ether oxygens (including phenoxy) is 3. The molecule has 33 heavy (non-hydrogen) atoms. The van der Waals surface area contributed by atoms with Crippen molar-refractivity contribution in [3.05, 3.63) is 75.8 Å². The Hall–Kier alpha value is -3.65. The number of nitrogens with one attached hydrogen (secondary N) is 1. The van der Waals surface area contributed by atoms with Crippen molar-refractivity contribution in [3.8, 4) is 11.5 Å². The maximum atomic E-state index is 12.3. The summed E-state index contributed by atoms with van der Waals surface area (Å²) < 4.78 is 16.4. The molecule has 1 aromatic heterocycles. The molecule has 0 unspecified atom stereocenters. The van der Waals surface area contributed by atoms with Gasteiger partial charge in [0.25, 0.3) is 0 Å². The van der Waals surface area contributed by atoms with Gasteiger partial charge in [-0.2, -0.15) is 0 Å². The van der Waals surface area contributed by atoms with Gasteiger partial charge in [-0.1, -0.05) is 41.7 Å². The first-order valence-electron chi connectivity index (χ1n) is 10.4. The Balaban J connectivity index is 1.63. The van der Waals surface area contributed by atoms with Crippen molar-refractivity contribution in [2.24, 2.45) is 0 Å². The van der Waals surface area contributed by atoms with E-state index in [1.807, 2.05) is 43.3 Å². The average Bonchev–Trinajstić information content (AvgIpc) is 3.17. The van der Waals surface area contributed by atoms with Crippen LogP contribution < -0.4 is 14.8 Å². The minimum absolute atomic E-state index is 0.278. The number of carbonyl (C=O) groups is 2. The van der Waals surface area contributed by atoms with E-state index < -0.39 is 5.97 Å². The molecule has 8 heteroatoms. The lowest BCUT2D eigenvalue weighted by Gasteiger charge is -2.12. The number of esters is 1. The van der Waals surface area contributed by atoms with Crippen LogP contribution in [0.4, 0.5) is 5.13 Å². The van der Waals surface area contributed by atoms with Crippen LogP contribution in [0.2, 0.25) is 0 Å². The van der Waals surface area contributed by atoms with E-state index in [0.717, 1.165) is 28.0 Å². The smallest absolute Gasteiger partial charge is 0.350 e. The number of methoxy groups -OCH3 is 1. The van der Waals surface area contributed by atoms with Gasteiger partial charge in [-0.05, 0) is 55.7 Å². The molecule has 0 aliphatic rings. The zero-order valence-electron chi connectivity index (χ0n) is 19.0. The van der Waals surface area contributed by atoms with Crippen LogP contribution in [-0.4, -0.2) is 30.6 Å². The highest BCUT2D eigenvalue weighted by Gasteiger charge is 2.17. The summed E-state index contributed by atoms with van der Waals surface area (Å²) in [4.78, 5) is 28.8. The van der Waals surface area contributed by atoms with Gasteiger partial charge < -0.3 is 14.2 Å². The van der Waals surface area contributed by atoms with E-state index in [2.05, 4.69) is 10.3 Å². The van der Waals surface area contributed by atoms with Crippen molar-refractivity contribution in [1.82, 2.24) is 4.98 Å². The van der Waals surface area contributed by atoms with Gasteiger partial charge in [-0.25, -0.2) is 9.78 Å². The molecule has 0 bridgehead atoms. The van der Waals surface area contributed by atoms with E-state index >= 15 is 0 Å². The highest BCUT2D eigenvalue weighted by molar-refractivity contribution is 7.17. The topological polar surface area (TPSA) is 86.8 Å². The average molecular weight is 467 g/mol. The number of thiazole rings is 1. The second-order valence-electron chi connectivity index (χ2n) is 7.10. The Kier molecular flexibility index (Phi) is 8.21. The van der Waals surface area contributed by atoms with E-state index in [1.165, 1.54) is 6.08 Å². The molecule has 0 atom stereocenters. The molecule has 1 N–H and O–H groups in total. The van der Waals surface area contributed by atoms with Crippen LogP contribution in [-0.2, 0) is 16.1 Å². The lowest BCUT2D eigenvalue weighted by atomic mass is 10.1. The largest absolute Gasteiger partial charge is 0.493 e. The Morgan fingerprint density at radius 1 is 1.12 bits per heavy atom. The van der Waals surface area contributed by atoms with Crippen molar-refractivity contribution in [3.63, 3.8) is 0 Å². The molecule has 0 fully saturated rings. The summed E-state index contributed by atoms with van der Waals surface area (Å²) >= 11 is 1.08. The molecular weight excluding hydrogens is 440 g/mol. The van der Waals surface area contributed by atoms with Crippen LogP contribution >= 0.6 is 11.3 Å². The fourth-order valence-electron chi connectivity index (χ4n) is 2.99. The number of hydrogen-bond donors (Lipinski definition) is 1. The van der Waals surface area contributed by atoms with Crippen LogP contribution in [0.3, 0.4) is 0 Å². The number of benzene rings is 2. The highest BCUT2D eigenvalue weighted by Crippen LogP contribution is 2.30. The third-order valence-electron chi connectivity index (χ3n) is 4.75. The predicted octanol–water partition coefficient (Wildman–Crippen LogP) is 5.18. The van der Waals surface area contributed by atoms with Crippen molar-refractivity contribution >= 4 is 34.4 Å². The highest BCUT2D eigenvalue weighted by atomic mass is 32.1. The number of anilines is 1. The summed E-state index contributed by atoms with van der Waals surface area (Å²) in [5.74, 6) is 0.381. The Labute approximate surface area is 197 Å². The van der Waals surface area contributed by atoms with Crippen molar-refractivity contribution < 1.29 is 23.8 Å². The number of aromatic nitrogens is 1. The Morgan fingerprint density at radius 3 is 2.64 bits per heavy atom. The molecule has 0 saturated carbocycles. The first kappa shape index (κ1) is 24.0. The Bertz CT molecular complexity index is 1170. The summed E-state index contributed by atoms with van der Waals surface area (Å²) in [5, 5.41) is 3.01. The second-order valence-corrected chi connectivity index (χ2v) is 8.10. The summed E-state index contributed by atoms with van der Waals surface area (Å²) in [7, 11) is 1.57. The third kappa shape index (κ3) is 6.43. The van der Waals surface area contributed by atoms with Gasteiger partial charge in [0.05, 0.1) is 19.4 Å². The SMILES string of the molecule is CCOC(=O)c1sc(NC(=O)C=Cc2ccc(OCc3ccccc3C)c(OC)c2)nc1C. The van der Waals surface area contributed by atoms with Crippen molar-refractivity contribution in [2.45, 2.75) is 27.4 Å². The minimum Gasteiger partial charge on any atom is -0.493 e. The molecule has 1 heterocycles. The second kappa shape index (κ2) is 11.3. The number of nitrogens with zero attached hydrogens (tertiary/aromatic N) is 1. The molecule has 3 aromatic rings. The van der Waals surface area contributed by atoms with Gasteiger partial charge in [-0.15, -0.1) is 0 Å². The van der Waals surface area contributed by atoms with Gasteiger partial charge in [-0.3, -0.25) is 10.1 Å². The molecule has 172 valence electrons. The number of hydrogen-bond acceptors (Lipinski definition) is 7. The van der Waals surface area contributed by atoms with Crippen LogP contribution in [0.5, 0.6) is 11.5 Å². The van der Waals surface area contributed by atoms with Crippen molar-refractivity contribution in [1.29, 1.82) is 0 Å². The summed E-state index contributed by atoms with van der Waals surface area (Å²) in [6.45, 7) is 6.18. The predicted molar refractivity (Wildman–Crippen MR) is 129 cm³/mol. The normalized spacial score (nSPS) is 10.8. The Morgan fingerprint density at radius 2 is 1.91 bits per heavy atom. The number of amides is 1. The number of carbonyl (C=O) groups excluding carboxylic acids is 2. The van der Waals surface area contributed by atoms with Crippen LogP contribution in [0.1, 0.15) is 39.0 Å². The monoisotopic (exact) mass is 466 g/mol. The molecule has 0 saturated heterocycles. The van der Waals surface area contributed by atoms with E-state index in [-0.39, 0.29) is 12.5 Å². The van der Waals surface area contributed by atoms with Crippen LogP contribution in [0, 0.1) is 13.8 Å². The third-order valence-corrected chi connectivity index (χ3v) is 5.80. The first-order chi connectivity index (χ1) is 15.9. The van der Waals surface area contributed by atoms with Crippen LogP contribution in [0.25, 0.3) is 6.08 Å². The molecule has 0 radical (unpaired) electrons. The fourth-order valence-corrected chi connectivity index (χ4v) is 3.85. The van der Waals surface area contributed by atoms with E-state index in [9.17, 15) is 9.59 Å². The van der Waals surface area contributed by atoms with E-state index in [0.29, 0.717) is 33.8 Å². The quantitative estimate of drug-likeness (QED) is 0.346. The standard InChI is InChI=1S/C25H26N2O5S/c1-5-31-24(29)23-17(3)26-25(33-23)27-22(28)13-11-18-10-12-20(21(14-18)30-4)32-15-19-9-7-6-8-16(19)2/h6-14H,5,15H2,1-4H3,(H,26,27,28). The minimum atomic E-state index is -0.444. The van der Waals surface area contributed by atoms with Gasteiger partial charge in [0.15, 0.2) is 16.6 Å². The first-order valence-corrected chi connectivity index (χ1v) is 11.2. The number of rotatable bonds is 9. The molecule has 3 rings (SSSR count). The molecular formula is C25H26N2O5S. The lowest BCUT2D eigenvalue weighted by molar-refractivity contribution is -0.111. The summed E-state index contributed by atoms with van der Waals surface area (Å²) in [5.41, 5.74) is 3.55. The van der Waals surface area contributed by atoms with Crippen LogP contribution in [0.15, 0.2) is 48.5 Å². The molecule has 2 aromatic carbocycles. The van der Waals surface area contributed by atoms with E-state index in [1.54, 1.807) is 33.1 Å². The molecule has 0 spiro atoms. The zero-order chi connectivity index (χ0) is 23.8. The maximum Gasteiger partial charge on any atom is 0.350 e. The zero-order valence-corrected chi connectivity index (χ0v) is 19.8. The molecule has 0 aliphatic carbocycles. The van der Waals surface area contributed by atoms with Gasteiger partial charge in [0.2, 0.25) is 5.91 Å². The lowest BCUT2D eigenvalue weighted by Crippen LogP contribution is -2.07. The molecule has 0 aliphatic heterocycles. The summed E-state index contributed by atoms with van der Waals surface area (Å²) in [6, 6.07) is 13.5. The van der Waals surface area contributed by atoms with Gasteiger partial charge in [0.1, 0.15) is 11.5 Å². The summed E-state index contributed by atoms with van der Waals surface area (Å²) in [6.07, 6.45) is 3.05. The van der Waals surface area contributed by atoms with Gasteiger partial charge in [0, 0.05) is 6.08 Å². The fraction of sp³-hybridized carbons (Fsp3) is 0.240. The molecule has 7 nitrogen and oxygen atoms in total. The maximum absolute atomic E-state index is 12.3. The number of aryl methyl sites for hydroxylation is 2. The van der Waals surface area contributed by atoms with Crippen molar-refractivity contribution in [2.75, 3.05) is 19.0 Å².